The summed E-state index contributed by atoms with van der Waals surface area (Å²) in [6.45, 7) is 6.04. The van der Waals surface area contributed by atoms with Crippen LogP contribution in [0, 0.1) is 5.92 Å². The number of hydrogen-bond acceptors (Lipinski definition) is 4. The summed E-state index contributed by atoms with van der Waals surface area (Å²) in [4.78, 5) is 28.7. The summed E-state index contributed by atoms with van der Waals surface area (Å²) < 4.78 is 29.4. The second kappa shape index (κ2) is 13.6. The van der Waals surface area contributed by atoms with Crippen molar-refractivity contribution >= 4 is 43.5 Å². The summed E-state index contributed by atoms with van der Waals surface area (Å²) >= 11 is 3.38. The molecule has 0 saturated carbocycles. The molecule has 202 valence electrons. The van der Waals surface area contributed by atoms with E-state index in [1.807, 2.05) is 51.1 Å². The molecule has 0 aliphatic rings. The Morgan fingerprint density at radius 1 is 0.895 bits per heavy atom. The molecule has 0 unspecified atom stereocenters. The maximum Gasteiger partial charge on any atom is 0.264 e. The van der Waals surface area contributed by atoms with Crippen LogP contribution in [0.5, 0.6) is 0 Å². The van der Waals surface area contributed by atoms with Gasteiger partial charge in [-0.1, -0.05) is 85.2 Å². The number of hydrogen-bond donors (Lipinski definition) is 1. The molecule has 2 amide bonds. The third-order valence-electron chi connectivity index (χ3n) is 5.99. The van der Waals surface area contributed by atoms with E-state index in [1.165, 1.54) is 17.0 Å². The lowest BCUT2D eigenvalue weighted by Crippen LogP contribution is -2.52. The number of anilines is 1. The minimum atomic E-state index is -4.07. The Bertz CT molecular complexity index is 1300. The first kappa shape index (κ1) is 29.4. The number of nitrogens with zero attached hydrogens (tertiary/aromatic N) is 2. The standard InChI is InChI=1S/C29H34BrN3O4S/c1-4-27(29(35)31-19-22(2)3)32(20-23-11-7-5-8-12-23)28(34)21-33(25-17-15-24(30)16-18-25)38(36,37)26-13-9-6-10-14-26/h5-18,22,27H,4,19-21H2,1-3H3,(H,31,35)/t27-/m1/s1. The number of rotatable bonds is 12. The molecule has 9 heteroatoms. The zero-order chi connectivity index (χ0) is 27.7. The number of amides is 2. The molecule has 3 aromatic carbocycles. The SMILES string of the molecule is CC[C@H](C(=O)NCC(C)C)N(Cc1ccccc1)C(=O)CN(c1ccc(Br)cc1)S(=O)(=O)c1ccccc1. The topological polar surface area (TPSA) is 86.8 Å². The Labute approximate surface area is 234 Å². The first-order valence-electron chi connectivity index (χ1n) is 12.6. The first-order chi connectivity index (χ1) is 18.1. The summed E-state index contributed by atoms with van der Waals surface area (Å²) in [5.41, 5.74) is 1.19. The highest BCUT2D eigenvalue weighted by Crippen LogP contribution is 2.26. The van der Waals surface area contributed by atoms with Crippen molar-refractivity contribution < 1.29 is 18.0 Å². The van der Waals surface area contributed by atoms with Gasteiger partial charge in [0, 0.05) is 17.6 Å². The summed E-state index contributed by atoms with van der Waals surface area (Å²) in [6.07, 6.45) is 0.381. The van der Waals surface area contributed by atoms with Crippen molar-refractivity contribution in [2.24, 2.45) is 5.92 Å². The fourth-order valence-electron chi connectivity index (χ4n) is 3.98. The molecular weight excluding hydrogens is 566 g/mol. The van der Waals surface area contributed by atoms with E-state index in [2.05, 4.69) is 21.2 Å². The van der Waals surface area contributed by atoms with Crippen LogP contribution in [-0.2, 0) is 26.2 Å². The Morgan fingerprint density at radius 2 is 1.47 bits per heavy atom. The van der Waals surface area contributed by atoms with E-state index in [0.717, 1.165) is 14.3 Å². The number of carbonyl (C=O) groups is 2. The predicted octanol–water partition coefficient (Wildman–Crippen LogP) is 5.22. The van der Waals surface area contributed by atoms with Crippen molar-refractivity contribution in [3.63, 3.8) is 0 Å². The summed E-state index contributed by atoms with van der Waals surface area (Å²) in [6, 6.07) is 23.4. The monoisotopic (exact) mass is 599 g/mol. The van der Waals surface area contributed by atoms with Gasteiger partial charge in [-0.15, -0.1) is 0 Å². The number of nitrogens with one attached hydrogen (secondary N) is 1. The van der Waals surface area contributed by atoms with Gasteiger partial charge in [0.05, 0.1) is 10.6 Å². The molecule has 0 aromatic heterocycles. The molecule has 3 rings (SSSR count). The highest BCUT2D eigenvalue weighted by molar-refractivity contribution is 9.10. The van der Waals surface area contributed by atoms with Crippen molar-refractivity contribution in [1.82, 2.24) is 10.2 Å². The van der Waals surface area contributed by atoms with Crippen LogP contribution in [0.1, 0.15) is 32.8 Å². The molecule has 7 nitrogen and oxygen atoms in total. The van der Waals surface area contributed by atoms with E-state index in [0.29, 0.717) is 18.7 Å². The first-order valence-corrected chi connectivity index (χ1v) is 14.8. The molecule has 0 saturated heterocycles. The quantitative estimate of drug-likeness (QED) is 0.309. The average Bonchev–Trinajstić information content (AvgIpc) is 2.92. The molecule has 0 heterocycles. The van der Waals surface area contributed by atoms with Crippen LogP contribution in [0.3, 0.4) is 0 Å². The van der Waals surface area contributed by atoms with E-state index in [-0.39, 0.29) is 23.3 Å². The maximum absolute atomic E-state index is 13.9. The van der Waals surface area contributed by atoms with Crippen LogP contribution < -0.4 is 9.62 Å². The molecule has 1 N–H and O–H groups in total. The van der Waals surface area contributed by atoms with Crippen LogP contribution in [-0.4, -0.2) is 44.3 Å². The van der Waals surface area contributed by atoms with Crippen molar-refractivity contribution in [2.75, 3.05) is 17.4 Å². The van der Waals surface area contributed by atoms with E-state index in [9.17, 15) is 18.0 Å². The molecule has 0 radical (unpaired) electrons. The Balaban J connectivity index is 2.01. The summed E-state index contributed by atoms with van der Waals surface area (Å²) in [7, 11) is -4.07. The van der Waals surface area contributed by atoms with Crippen molar-refractivity contribution in [2.45, 2.75) is 44.7 Å². The van der Waals surface area contributed by atoms with Crippen LogP contribution in [0.25, 0.3) is 0 Å². The molecule has 38 heavy (non-hydrogen) atoms. The molecule has 0 fully saturated rings. The van der Waals surface area contributed by atoms with Gasteiger partial charge >= 0.3 is 0 Å². The summed E-state index contributed by atoms with van der Waals surface area (Å²) in [5.74, 6) is -0.479. The third-order valence-corrected chi connectivity index (χ3v) is 8.31. The van der Waals surface area contributed by atoms with E-state index >= 15 is 0 Å². The average molecular weight is 601 g/mol. The lowest BCUT2D eigenvalue weighted by Gasteiger charge is -2.33. The highest BCUT2D eigenvalue weighted by Gasteiger charge is 2.33. The maximum atomic E-state index is 13.9. The minimum absolute atomic E-state index is 0.0760. The van der Waals surface area contributed by atoms with E-state index in [1.54, 1.807) is 42.5 Å². The largest absolute Gasteiger partial charge is 0.354 e. The van der Waals surface area contributed by atoms with Gasteiger partial charge in [-0.3, -0.25) is 13.9 Å². The normalized spacial score (nSPS) is 12.1. The number of carbonyl (C=O) groups excluding carboxylic acids is 2. The van der Waals surface area contributed by atoms with Crippen LogP contribution >= 0.6 is 15.9 Å². The van der Waals surface area contributed by atoms with Gasteiger partial charge in [0.1, 0.15) is 12.6 Å². The number of benzene rings is 3. The Kier molecular flexibility index (Phi) is 10.5. The molecule has 1 atom stereocenters. The number of sulfonamides is 1. The second-order valence-corrected chi connectivity index (χ2v) is 12.1. The zero-order valence-corrected chi connectivity index (χ0v) is 24.3. The van der Waals surface area contributed by atoms with Gasteiger partial charge in [0.15, 0.2) is 0 Å². The van der Waals surface area contributed by atoms with Gasteiger partial charge < -0.3 is 10.2 Å². The Morgan fingerprint density at radius 3 is 2.03 bits per heavy atom. The molecule has 0 spiro atoms. The fraction of sp³-hybridized carbons (Fsp3) is 0.310. The van der Waals surface area contributed by atoms with Crippen molar-refractivity contribution in [1.29, 1.82) is 0 Å². The van der Waals surface area contributed by atoms with Gasteiger partial charge in [-0.05, 0) is 54.3 Å². The molecular formula is C29H34BrN3O4S. The van der Waals surface area contributed by atoms with Crippen LogP contribution in [0.15, 0.2) is 94.3 Å². The summed E-state index contributed by atoms with van der Waals surface area (Å²) in [5, 5.41) is 2.93. The van der Waals surface area contributed by atoms with Crippen LogP contribution in [0.2, 0.25) is 0 Å². The lowest BCUT2D eigenvalue weighted by atomic mass is 10.1. The van der Waals surface area contributed by atoms with Gasteiger partial charge in [0.25, 0.3) is 10.0 Å². The predicted molar refractivity (Wildman–Crippen MR) is 154 cm³/mol. The Hall–Kier alpha value is -3.17. The minimum Gasteiger partial charge on any atom is -0.354 e. The number of halogens is 1. The smallest absolute Gasteiger partial charge is 0.264 e. The highest BCUT2D eigenvalue weighted by atomic mass is 79.9. The zero-order valence-electron chi connectivity index (χ0n) is 21.9. The molecule has 0 bridgehead atoms. The van der Waals surface area contributed by atoms with Gasteiger partial charge in [0.2, 0.25) is 11.8 Å². The van der Waals surface area contributed by atoms with E-state index in [4.69, 9.17) is 0 Å². The molecule has 0 aliphatic carbocycles. The van der Waals surface area contributed by atoms with Gasteiger partial charge in [-0.2, -0.15) is 0 Å². The van der Waals surface area contributed by atoms with Crippen LogP contribution in [0.4, 0.5) is 5.69 Å². The second-order valence-electron chi connectivity index (χ2n) is 9.37. The third kappa shape index (κ3) is 7.68. The lowest BCUT2D eigenvalue weighted by molar-refractivity contribution is -0.140. The van der Waals surface area contributed by atoms with Crippen molar-refractivity contribution in [3.05, 3.63) is 95.0 Å². The van der Waals surface area contributed by atoms with Crippen molar-refractivity contribution in [3.8, 4) is 0 Å². The van der Waals surface area contributed by atoms with Gasteiger partial charge in [-0.25, -0.2) is 8.42 Å². The molecule has 3 aromatic rings. The molecule has 0 aliphatic heterocycles. The fourth-order valence-corrected chi connectivity index (χ4v) is 5.68. The van der Waals surface area contributed by atoms with E-state index < -0.39 is 28.5 Å².